The minimum Gasteiger partial charge on any atom is -0.420 e. The molecule has 0 spiro atoms. The molecular formula is C13H11N3OS. The minimum absolute atomic E-state index is 0.579. The molecule has 0 aliphatic heterocycles. The molecule has 0 unspecified atom stereocenters. The molecule has 0 aliphatic rings. The standard InChI is InChI=1S/C13H11N3OS/c14-10-5-3-9(4-6-10)8-12-15-16-13(17-12)11-2-1-7-18-11/h1-7H,8,14H2. The monoisotopic (exact) mass is 257 g/mol. The van der Waals surface area contributed by atoms with Gasteiger partial charge in [-0.25, -0.2) is 0 Å². The van der Waals surface area contributed by atoms with Crippen molar-refractivity contribution in [3.05, 3.63) is 53.2 Å². The van der Waals surface area contributed by atoms with Crippen LogP contribution < -0.4 is 5.73 Å². The smallest absolute Gasteiger partial charge is 0.257 e. The van der Waals surface area contributed by atoms with Crippen molar-refractivity contribution in [1.29, 1.82) is 0 Å². The third-order valence-electron chi connectivity index (χ3n) is 2.53. The Balaban J connectivity index is 1.80. The first-order chi connectivity index (χ1) is 8.81. The van der Waals surface area contributed by atoms with E-state index >= 15 is 0 Å². The maximum absolute atomic E-state index is 5.64. The Hall–Kier alpha value is -2.14. The Morgan fingerprint density at radius 3 is 2.67 bits per heavy atom. The van der Waals surface area contributed by atoms with Gasteiger partial charge in [-0.15, -0.1) is 21.5 Å². The summed E-state index contributed by atoms with van der Waals surface area (Å²) in [6, 6.07) is 11.6. The second-order valence-electron chi connectivity index (χ2n) is 3.90. The van der Waals surface area contributed by atoms with Gasteiger partial charge >= 0.3 is 0 Å². The maximum Gasteiger partial charge on any atom is 0.257 e. The molecule has 0 saturated heterocycles. The van der Waals surface area contributed by atoms with E-state index in [-0.39, 0.29) is 0 Å². The lowest BCUT2D eigenvalue weighted by molar-refractivity contribution is 0.519. The van der Waals surface area contributed by atoms with Gasteiger partial charge in [0.25, 0.3) is 5.89 Å². The number of hydrogen-bond donors (Lipinski definition) is 1. The van der Waals surface area contributed by atoms with Gasteiger partial charge < -0.3 is 10.2 Å². The van der Waals surface area contributed by atoms with Crippen LogP contribution in [0.4, 0.5) is 5.69 Å². The van der Waals surface area contributed by atoms with Crippen molar-refractivity contribution in [3.8, 4) is 10.8 Å². The van der Waals surface area contributed by atoms with E-state index in [4.69, 9.17) is 10.2 Å². The quantitative estimate of drug-likeness (QED) is 0.732. The van der Waals surface area contributed by atoms with E-state index < -0.39 is 0 Å². The number of benzene rings is 1. The van der Waals surface area contributed by atoms with Crippen LogP contribution in [0.15, 0.2) is 46.2 Å². The summed E-state index contributed by atoms with van der Waals surface area (Å²) < 4.78 is 5.62. The lowest BCUT2D eigenvalue weighted by Crippen LogP contribution is -1.89. The van der Waals surface area contributed by atoms with Crippen LogP contribution in [0.1, 0.15) is 11.5 Å². The average molecular weight is 257 g/mol. The first-order valence-electron chi connectivity index (χ1n) is 5.52. The summed E-state index contributed by atoms with van der Waals surface area (Å²) in [5, 5.41) is 10.1. The summed E-state index contributed by atoms with van der Waals surface area (Å²) >= 11 is 1.58. The Labute approximate surface area is 108 Å². The lowest BCUT2D eigenvalue weighted by atomic mass is 10.1. The van der Waals surface area contributed by atoms with Gasteiger partial charge in [0, 0.05) is 5.69 Å². The third-order valence-corrected chi connectivity index (χ3v) is 3.39. The molecule has 5 heteroatoms. The fraction of sp³-hybridized carbons (Fsp3) is 0.0769. The first kappa shape index (κ1) is 11.0. The number of anilines is 1. The molecular weight excluding hydrogens is 246 g/mol. The molecule has 18 heavy (non-hydrogen) atoms. The van der Waals surface area contributed by atoms with Crippen LogP contribution in [-0.4, -0.2) is 10.2 Å². The molecule has 1 aromatic carbocycles. The van der Waals surface area contributed by atoms with E-state index in [0.717, 1.165) is 16.1 Å². The summed E-state index contributed by atoms with van der Waals surface area (Å²) in [7, 11) is 0. The van der Waals surface area contributed by atoms with Crippen LogP contribution in [0.3, 0.4) is 0 Å². The van der Waals surface area contributed by atoms with Crippen molar-refractivity contribution in [2.24, 2.45) is 0 Å². The molecule has 0 bridgehead atoms. The molecule has 2 aromatic heterocycles. The molecule has 0 radical (unpaired) electrons. The van der Waals surface area contributed by atoms with Crippen molar-refractivity contribution in [2.45, 2.75) is 6.42 Å². The summed E-state index contributed by atoms with van der Waals surface area (Å²) in [5.74, 6) is 1.19. The zero-order chi connectivity index (χ0) is 12.4. The summed E-state index contributed by atoms with van der Waals surface area (Å²) in [6.07, 6.45) is 0.624. The van der Waals surface area contributed by atoms with Crippen LogP contribution in [0.5, 0.6) is 0 Å². The number of aromatic nitrogens is 2. The van der Waals surface area contributed by atoms with E-state index in [2.05, 4.69) is 10.2 Å². The molecule has 3 aromatic rings. The van der Waals surface area contributed by atoms with E-state index in [1.807, 2.05) is 41.8 Å². The fourth-order valence-electron chi connectivity index (χ4n) is 1.63. The largest absolute Gasteiger partial charge is 0.420 e. The van der Waals surface area contributed by atoms with Crippen LogP contribution in [0.25, 0.3) is 10.8 Å². The van der Waals surface area contributed by atoms with Crippen molar-refractivity contribution in [2.75, 3.05) is 5.73 Å². The molecule has 0 fully saturated rings. The molecule has 0 aliphatic carbocycles. The Morgan fingerprint density at radius 2 is 1.94 bits per heavy atom. The molecule has 0 atom stereocenters. The Kier molecular flexibility index (Phi) is 2.82. The predicted octanol–water partition coefficient (Wildman–Crippen LogP) is 2.97. The molecule has 2 N–H and O–H groups in total. The normalized spacial score (nSPS) is 10.7. The SMILES string of the molecule is Nc1ccc(Cc2nnc(-c3cccs3)o2)cc1. The van der Waals surface area contributed by atoms with Crippen molar-refractivity contribution in [3.63, 3.8) is 0 Å². The van der Waals surface area contributed by atoms with E-state index in [0.29, 0.717) is 18.2 Å². The highest BCUT2D eigenvalue weighted by Crippen LogP contribution is 2.23. The molecule has 4 nitrogen and oxygen atoms in total. The Morgan fingerprint density at radius 1 is 1.11 bits per heavy atom. The number of hydrogen-bond acceptors (Lipinski definition) is 5. The maximum atomic E-state index is 5.64. The van der Waals surface area contributed by atoms with Crippen LogP contribution in [0.2, 0.25) is 0 Å². The van der Waals surface area contributed by atoms with Crippen LogP contribution in [-0.2, 0) is 6.42 Å². The average Bonchev–Trinajstić information content (AvgIpc) is 3.02. The van der Waals surface area contributed by atoms with E-state index in [1.54, 1.807) is 11.3 Å². The summed E-state index contributed by atoms with van der Waals surface area (Å²) in [4.78, 5) is 0.992. The van der Waals surface area contributed by atoms with Crippen LogP contribution in [0, 0.1) is 0 Å². The van der Waals surface area contributed by atoms with Crippen molar-refractivity contribution < 1.29 is 4.42 Å². The minimum atomic E-state index is 0.579. The number of nitrogens with zero attached hydrogens (tertiary/aromatic N) is 2. The van der Waals surface area contributed by atoms with Gasteiger partial charge in [-0.05, 0) is 29.1 Å². The highest BCUT2D eigenvalue weighted by atomic mass is 32.1. The predicted molar refractivity (Wildman–Crippen MR) is 71.3 cm³/mol. The fourth-order valence-corrected chi connectivity index (χ4v) is 2.28. The van der Waals surface area contributed by atoms with E-state index in [9.17, 15) is 0 Å². The van der Waals surface area contributed by atoms with Crippen molar-refractivity contribution in [1.82, 2.24) is 10.2 Å². The molecule has 2 heterocycles. The number of rotatable bonds is 3. The first-order valence-corrected chi connectivity index (χ1v) is 6.40. The molecule has 0 amide bonds. The Bertz CT molecular complexity index is 629. The summed E-state index contributed by atoms with van der Waals surface area (Å²) in [6.45, 7) is 0. The number of nitrogens with two attached hydrogens (primary N) is 1. The van der Waals surface area contributed by atoms with Crippen LogP contribution >= 0.6 is 11.3 Å². The molecule has 90 valence electrons. The summed E-state index contributed by atoms with van der Waals surface area (Å²) in [5.41, 5.74) is 7.49. The number of nitrogen functional groups attached to an aromatic ring is 1. The van der Waals surface area contributed by atoms with E-state index in [1.165, 1.54) is 0 Å². The second-order valence-corrected chi connectivity index (χ2v) is 4.84. The highest BCUT2D eigenvalue weighted by molar-refractivity contribution is 7.13. The highest BCUT2D eigenvalue weighted by Gasteiger charge is 2.09. The zero-order valence-corrected chi connectivity index (χ0v) is 10.4. The van der Waals surface area contributed by atoms with Gasteiger partial charge in [0.2, 0.25) is 5.89 Å². The number of thiophene rings is 1. The van der Waals surface area contributed by atoms with Gasteiger partial charge in [0.1, 0.15) is 0 Å². The van der Waals surface area contributed by atoms with Crippen molar-refractivity contribution >= 4 is 17.0 Å². The van der Waals surface area contributed by atoms with Gasteiger partial charge in [-0.2, -0.15) is 0 Å². The lowest BCUT2D eigenvalue weighted by Gasteiger charge is -1.97. The van der Waals surface area contributed by atoms with Gasteiger partial charge in [-0.3, -0.25) is 0 Å². The molecule has 3 rings (SSSR count). The van der Waals surface area contributed by atoms with Gasteiger partial charge in [0.05, 0.1) is 11.3 Å². The zero-order valence-electron chi connectivity index (χ0n) is 9.54. The second kappa shape index (κ2) is 4.62. The third kappa shape index (κ3) is 2.26. The van der Waals surface area contributed by atoms with Gasteiger partial charge in [0.15, 0.2) is 0 Å². The van der Waals surface area contributed by atoms with Gasteiger partial charge in [-0.1, -0.05) is 18.2 Å². The molecule has 0 saturated carbocycles. The topological polar surface area (TPSA) is 64.9 Å².